The van der Waals surface area contributed by atoms with Crippen molar-refractivity contribution in [3.63, 3.8) is 0 Å². The van der Waals surface area contributed by atoms with E-state index in [1.54, 1.807) is 0 Å². The van der Waals surface area contributed by atoms with Gasteiger partial charge < -0.3 is 15.0 Å². The third-order valence-electron chi connectivity index (χ3n) is 4.69. The van der Waals surface area contributed by atoms with E-state index < -0.39 is 9.84 Å². The Balaban J connectivity index is 1.63. The minimum absolute atomic E-state index is 0.240. The Morgan fingerprint density at radius 3 is 2.74 bits per heavy atom. The zero-order chi connectivity index (χ0) is 16.4. The van der Waals surface area contributed by atoms with Crippen LogP contribution in [0.5, 0.6) is 0 Å². The zero-order valence-corrected chi connectivity index (χ0v) is 14.7. The summed E-state index contributed by atoms with van der Waals surface area (Å²) in [5, 5.41) is 8.00. The number of aromatic nitrogens is 2. The van der Waals surface area contributed by atoms with Crippen LogP contribution in [0.25, 0.3) is 0 Å². The normalized spacial score (nSPS) is 24.3. The Kier molecular flexibility index (Phi) is 4.93. The van der Waals surface area contributed by atoms with Gasteiger partial charge in [-0.05, 0) is 25.8 Å². The van der Waals surface area contributed by atoms with Crippen LogP contribution in [0, 0.1) is 12.8 Å². The van der Waals surface area contributed by atoms with Gasteiger partial charge in [0.1, 0.15) is 5.82 Å². The molecule has 2 fully saturated rings. The molecule has 2 saturated heterocycles. The molecule has 0 saturated carbocycles. The number of nitrogens with one attached hydrogen (secondary N) is 1. The number of morpholine rings is 1. The highest BCUT2D eigenvalue weighted by Crippen LogP contribution is 2.24. The van der Waals surface area contributed by atoms with Crippen molar-refractivity contribution in [2.45, 2.75) is 19.9 Å². The van der Waals surface area contributed by atoms with E-state index in [2.05, 4.69) is 15.3 Å². The monoisotopic (exact) mass is 342 g/mol. The first kappa shape index (κ1) is 16.7. The van der Waals surface area contributed by atoms with Gasteiger partial charge in [0.2, 0.25) is 0 Å². The first-order valence-corrected chi connectivity index (χ1v) is 10.0. The maximum atomic E-state index is 11.5. The van der Waals surface area contributed by atoms with Gasteiger partial charge in [0, 0.05) is 32.2 Å². The summed E-state index contributed by atoms with van der Waals surface area (Å²) in [4.78, 5) is 2.32. The largest absolute Gasteiger partial charge is 0.378 e. The number of hydrogen-bond acceptors (Lipinski definition) is 6. The summed E-state index contributed by atoms with van der Waals surface area (Å²) in [6, 6.07) is 0. The fourth-order valence-corrected chi connectivity index (χ4v) is 5.36. The molecule has 0 amide bonds. The van der Waals surface area contributed by atoms with E-state index in [1.807, 2.05) is 18.7 Å². The predicted molar refractivity (Wildman–Crippen MR) is 89.4 cm³/mol. The molecule has 3 rings (SSSR count). The van der Waals surface area contributed by atoms with Crippen molar-refractivity contribution in [1.82, 2.24) is 15.1 Å². The van der Waals surface area contributed by atoms with Gasteiger partial charge in [-0.15, -0.1) is 0 Å². The van der Waals surface area contributed by atoms with Gasteiger partial charge in [-0.25, -0.2) is 8.42 Å². The Bertz CT molecular complexity index is 650. The molecule has 8 heteroatoms. The van der Waals surface area contributed by atoms with Crippen molar-refractivity contribution in [3.8, 4) is 0 Å². The molecule has 1 N–H and O–H groups in total. The molecule has 1 aromatic rings. The van der Waals surface area contributed by atoms with Crippen LogP contribution < -0.4 is 10.2 Å². The molecule has 0 radical (unpaired) electrons. The maximum Gasteiger partial charge on any atom is 0.150 e. The van der Waals surface area contributed by atoms with Crippen molar-refractivity contribution in [3.05, 3.63) is 11.3 Å². The Hall–Kier alpha value is -1.12. The number of aryl methyl sites for hydroxylation is 2. The molecule has 2 aliphatic heterocycles. The summed E-state index contributed by atoms with van der Waals surface area (Å²) in [6.07, 6.45) is 0.775. The van der Waals surface area contributed by atoms with Gasteiger partial charge in [0.05, 0.1) is 30.4 Å². The van der Waals surface area contributed by atoms with Gasteiger partial charge in [0.25, 0.3) is 0 Å². The standard InChI is InChI=1S/C15H26N4O3S/c1-12-14(10-16-9-13-3-8-23(20,21)11-13)15(18(2)17-12)19-4-6-22-7-5-19/h13,16H,3-11H2,1-2H3/t13-/m1/s1. The van der Waals surface area contributed by atoms with Crippen LogP contribution in [0.1, 0.15) is 17.7 Å². The second kappa shape index (κ2) is 6.78. The van der Waals surface area contributed by atoms with Gasteiger partial charge in [0.15, 0.2) is 9.84 Å². The molecule has 1 aromatic heterocycles. The van der Waals surface area contributed by atoms with E-state index in [1.165, 1.54) is 5.56 Å². The molecule has 1 atom stereocenters. The summed E-state index contributed by atoms with van der Waals surface area (Å²) < 4.78 is 30.4. The second-order valence-corrected chi connectivity index (χ2v) is 8.74. The summed E-state index contributed by atoms with van der Waals surface area (Å²) in [5.41, 5.74) is 2.23. The minimum atomic E-state index is -2.80. The Morgan fingerprint density at radius 1 is 1.35 bits per heavy atom. The van der Waals surface area contributed by atoms with Crippen LogP contribution in [0.4, 0.5) is 5.82 Å². The Labute approximate surface area is 137 Å². The molecule has 0 spiro atoms. The lowest BCUT2D eigenvalue weighted by atomic mass is 10.1. The lowest BCUT2D eigenvalue weighted by Gasteiger charge is -2.29. The lowest BCUT2D eigenvalue weighted by Crippen LogP contribution is -2.38. The lowest BCUT2D eigenvalue weighted by molar-refractivity contribution is 0.122. The summed E-state index contributed by atoms with van der Waals surface area (Å²) in [6.45, 7) is 6.76. The molecule has 2 aliphatic rings. The van der Waals surface area contributed by atoms with E-state index in [0.29, 0.717) is 11.5 Å². The fourth-order valence-electron chi connectivity index (χ4n) is 3.50. The van der Waals surface area contributed by atoms with Gasteiger partial charge in [-0.1, -0.05) is 0 Å². The van der Waals surface area contributed by atoms with Crippen LogP contribution in [0.15, 0.2) is 0 Å². The second-order valence-electron chi connectivity index (χ2n) is 6.51. The SMILES string of the molecule is Cc1nn(C)c(N2CCOCC2)c1CNC[C@H]1CCS(=O)(=O)C1. The molecule has 7 nitrogen and oxygen atoms in total. The quantitative estimate of drug-likeness (QED) is 0.817. The first-order valence-electron chi connectivity index (χ1n) is 8.22. The molecular weight excluding hydrogens is 316 g/mol. The van der Waals surface area contributed by atoms with Gasteiger partial charge in [-0.3, -0.25) is 4.68 Å². The summed E-state index contributed by atoms with van der Waals surface area (Å²) >= 11 is 0. The third kappa shape index (κ3) is 3.87. The van der Waals surface area contributed by atoms with Crippen molar-refractivity contribution in [2.24, 2.45) is 13.0 Å². The minimum Gasteiger partial charge on any atom is -0.378 e. The number of ether oxygens (including phenoxy) is 1. The van der Waals surface area contributed by atoms with E-state index in [4.69, 9.17) is 4.74 Å². The van der Waals surface area contributed by atoms with Crippen LogP contribution in [0.3, 0.4) is 0 Å². The average molecular weight is 342 g/mol. The van der Waals surface area contributed by atoms with Crippen LogP contribution in [0.2, 0.25) is 0 Å². The highest BCUT2D eigenvalue weighted by molar-refractivity contribution is 7.91. The molecule has 3 heterocycles. The average Bonchev–Trinajstić information content (AvgIpc) is 2.99. The zero-order valence-electron chi connectivity index (χ0n) is 13.9. The predicted octanol–water partition coefficient (Wildman–Crippen LogP) is 0.0894. The number of hydrogen-bond donors (Lipinski definition) is 1. The van der Waals surface area contributed by atoms with E-state index >= 15 is 0 Å². The smallest absolute Gasteiger partial charge is 0.150 e. The van der Waals surface area contributed by atoms with Crippen molar-refractivity contribution in [1.29, 1.82) is 0 Å². The fraction of sp³-hybridized carbons (Fsp3) is 0.800. The number of nitrogens with zero attached hydrogens (tertiary/aromatic N) is 3. The number of rotatable bonds is 5. The topological polar surface area (TPSA) is 76.5 Å². The van der Waals surface area contributed by atoms with Gasteiger partial charge >= 0.3 is 0 Å². The highest BCUT2D eigenvalue weighted by atomic mass is 32.2. The van der Waals surface area contributed by atoms with E-state index in [0.717, 1.165) is 57.3 Å². The van der Waals surface area contributed by atoms with Crippen LogP contribution >= 0.6 is 0 Å². The summed E-state index contributed by atoms with van der Waals surface area (Å²) in [5.74, 6) is 2.05. The molecule has 0 bridgehead atoms. The number of sulfone groups is 1. The van der Waals surface area contributed by atoms with Crippen molar-refractivity contribution >= 4 is 15.7 Å². The molecule has 0 aliphatic carbocycles. The van der Waals surface area contributed by atoms with E-state index in [-0.39, 0.29) is 5.92 Å². The summed E-state index contributed by atoms with van der Waals surface area (Å²) in [7, 11) is -0.821. The molecule has 130 valence electrons. The highest BCUT2D eigenvalue weighted by Gasteiger charge is 2.28. The molecule has 23 heavy (non-hydrogen) atoms. The third-order valence-corrected chi connectivity index (χ3v) is 6.52. The number of anilines is 1. The Morgan fingerprint density at radius 2 is 2.09 bits per heavy atom. The van der Waals surface area contributed by atoms with Crippen LogP contribution in [-0.2, 0) is 28.2 Å². The molecule has 0 aromatic carbocycles. The molecule has 0 unspecified atom stereocenters. The van der Waals surface area contributed by atoms with Crippen molar-refractivity contribution < 1.29 is 13.2 Å². The van der Waals surface area contributed by atoms with Gasteiger partial charge in [-0.2, -0.15) is 5.10 Å². The maximum absolute atomic E-state index is 11.5. The van der Waals surface area contributed by atoms with Crippen LogP contribution in [-0.4, -0.2) is 62.6 Å². The molecular formula is C15H26N4O3S. The van der Waals surface area contributed by atoms with E-state index in [9.17, 15) is 8.42 Å². The van der Waals surface area contributed by atoms with Crippen molar-refractivity contribution in [2.75, 3.05) is 49.3 Å². The first-order chi connectivity index (χ1) is 11.0.